The SMILES string of the molecule is Clc1cc(Cl)c(N(c2c(Cl)cc(Cl)cc2Cl)c2c(Cl)cc(Cl)cc2Cl)c(Cl)c1. The van der Waals surface area contributed by atoms with Gasteiger partial charge in [0, 0.05) is 15.1 Å². The third-order valence-corrected chi connectivity index (χ3v) is 6.00. The van der Waals surface area contributed by atoms with E-state index in [0.29, 0.717) is 32.1 Å². The Kier molecular flexibility index (Phi) is 7.36. The van der Waals surface area contributed by atoms with Crippen molar-refractivity contribution in [1.82, 2.24) is 0 Å². The molecule has 3 aromatic rings. The standard InChI is InChI=1S/C18H6Cl9N/c19-7-1-10(22)16(11(23)2-7)28(17-12(24)3-8(20)4-13(17)25)18-14(26)5-9(21)6-15(18)27/h1-6H. The lowest BCUT2D eigenvalue weighted by Crippen LogP contribution is -2.13. The predicted molar refractivity (Wildman–Crippen MR) is 126 cm³/mol. The summed E-state index contributed by atoms with van der Waals surface area (Å²) in [5.74, 6) is 0. The van der Waals surface area contributed by atoms with Crippen LogP contribution in [0.1, 0.15) is 0 Å². The third kappa shape index (κ3) is 4.54. The van der Waals surface area contributed by atoms with Crippen molar-refractivity contribution in [3.63, 3.8) is 0 Å². The molecule has 0 aliphatic carbocycles. The number of anilines is 3. The van der Waals surface area contributed by atoms with Crippen molar-refractivity contribution in [2.75, 3.05) is 4.90 Å². The summed E-state index contributed by atoms with van der Waals surface area (Å²) in [6.07, 6.45) is 0. The molecule has 0 aliphatic rings. The fourth-order valence-electron chi connectivity index (χ4n) is 2.58. The molecule has 0 fully saturated rings. The van der Waals surface area contributed by atoms with E-state index in [1.165, 1.54) is 36.4 Å². The summed E-state index contributed by atoms with van der Waals surface area (Å²) in [7, 11) is 0. The van der Waals surface area contributed by atoms with E-state index in [1.807, 2.05) is 0 Å². The molecule has 0 bridgehead atoms. The molecule has 3 rings (SSSR count). The van der Waals surface area contributed by atoms with Gasteiger partial charge < -0.3 is 4.90 Å². The quantitative estimate of drug-likeness (QED) is 0.311. The van der Waals surface area contributed by atoms with Crippen molar-refractivity contribution in [3.05, 3.63) is 81.6 Å². The number of benzene rings is 3. The predicted octanol–water partition coefficient (Wildman–Crippen LogP) is 11.0. The molecule has 0 aliphatic heterocycles. The first-order chi connectivity index (χ1) is 13.1. The van der Waals surface area contributed by atoms with Crippen molar-refractivity contribution in [3.8, 4) is 0 Å². The Morgan fingerprint density at radius 2 is 0.536 bits per heavy atom. The van der Waals surface area contributed by atoms with Crippen LogP contribution in [0.2, 0.25) is 45.2 Å². The van der Waals surface area contributed by atoms with Gasteiger partial charge in [0.2, 0.25) is 0 Å². The van der Waals surface area contributed by atoms with Crippen molar-refractivity contribution in [2.24, 2.45) is 0 Å². The smallest absolute Gasteiger partial charge is 0.0838 e. The first-order valence-corrected chi connectivity index (χ1v) is 10.7. The molecular weight excluding hydrogens is 549 g/mol. The Hall–Kier alpha value is 0.0700. The van der Waals surface area contributed by atoms with Crippen LogP contribution in [-0.2, 0) is 0 Å². The normalized spacial score (nSPS) is 11.0. The number of rotatable bonds is 3. The lowest BCUT2D eigenvalue weighted by atomic mass is 10.2. The van der Waals surface area contributed by atoms with Gasteiger partial charge in [-0.25, -0.2) is 0 Å². The monoisotopic (exact) mass is 551 g/mol. The second-order valence-electron chi connectivity index (χ2n) is 5.49. The number of nitrogens with zero attached hydrogens (tertiary/aromatic N) is 1. The van der Waals surface area contributed by atoms with E-state index >= 15 is 0 Å². The number of hydrogen-bond donors (Lipinski definition) is 0. The highest BCUT2D eigenvalue weighted by Crippen LogP contribution is 2.53. The molecule has 1 nitrogen and oxygen atoms in total. The van der Waals surface area contributed by atoms with Crippen molar-refractivity contribution in [2.45, 2.75) is 0 Å². The van der Waals surface area contributed by atoms with Gasteiger partial charge in [-0.2, -0.15) is 0 Å². The van der Waals surface area contributed by atoms with Crippen LogP contribution in [0.15, 0.2) is 36.4 Å². The molecule has 10 heteroatoms. The average molecular weight is 555 g/mol. The van der Waals surface area contributed by atoms with Gasteiger partial charge in [0.05, 0.1) is 47.2 Å². The fourth-order valence-corrected chi connectivity index (χ4v) is 5.54. The van der Waals surface area contributed by atoms with E-state index < -0.39 is 0 Å². The Bertz CT molecular complexity index is 875. The summed E-state index contributed by atoms with van der Waals surface area (Å²) in [6.45, 7) is 0. The minimum Gasteiger partial charge on any atom is -0.302 e. The Morgan fingerprint density at radius 3 is 0.714 bits per heavy atom. The maximum atomic E-state index is 6.47. The summed E-state index contributed by atoms with van der Waals surface area (Å²) in [6, 6.07) is 9.12. The number of halogens is 9. The van der Waals surface area contributed by atoms with Crippen LogP contribution >= 0.6 is 104 Å². The van der Waals surface area contributed by atoms with Gasteiger partial charge in [0.1, 0.15) is 0 Å². The summed E-state index contributed by atoms with van der Waals surface area (Å²) in [5.41, 5.74) is 0.972. The van der Waals surface area contributed by atoms with Gasteiger partial charge in [-0.1, -0.05) is 104 Å². The summed E-state index contributed by atoms with van der Waals surface area (Å²) in [4.78, 5) is 1.54. The second kappa shape index (κ2) is 9.06. The van der Waals surface area contributed by atoms with E-state index in [-0.39, 0.29) is 30.1 Å². The van der Waals surface area contributed by atoms with E-state index in [2.05, 4.69) is 0 Å². The van der Waals surface area contributed by atoms with Gasteiger partial charge in [-0.05, 0) is 36.4 Å². The van der Waals surface area contributed by atoms with Crippen molar-refractivity contribution >= 4 is 121 Å². The molecule has 0 heterocycles. The Labute approximate surface area is 206 Å². The van der Waals surface area contributed by atoms with Crippen LogP contribution in [0.25, 0.3) is 0 Å². The average Bonchev–Trinajstić information content (AvgIpc) is 2.51. The van der Waals surface area contributed by atoms with Gasteiger partial charge in [0.15, 0.2) is 0 Å². The van der Waals surface area contributed by atoms with E-state index in [0.717, 1.165) is 0 Å². The molecule has 0 spiro atoms. The molecule has 0 unspecified atom stereocenters. The van der Waals surface area contributed by atoms with Crippen LogP contribution in [0.4, 0.5) is 17.1 Å². The number of hydrogen-bond acceptors (Lipinski definition) is 1. The van der Waals surface area contributed by atoms with Gasteiger partial charge in [-0.3, -0.25) is 0 Å². The van der Waals surface area contributed by atoms with Gasteiger partial charge in [0.25, 0.3) is 0 Å². The highest BCUT2D eigenvalue weighted by Gasteiger charge is 2.28. The molecule has 0 atom stereocenters. The Balaban J connectivity index is 2.45. The molecular formula is C18H6Cl9N. The maximum absolute atomic E-state index is 6.47. The molecule has 0 amide bonds. The van der Waals surface area contributed by atoms with Gasteiger partial charge >= 0.3 is 0 Å². The highest BCUT2D eigenvalue weighted by molar-refractivity contribution is 6.47. The first kappa shape index (κ1) is 22.7. The summed E-state index contributed by atoms with van der Waals surface area (Å²) < 4.78 is 0. The van der Waals surface area contributed by atoms with E-state index in [9.17, 15) is 0 Å². The van der Waals surface area contributed by atoms with Crippen LogP contribution in [-0.4, -0.2) is 0 Å². The van der Waals surface area contributed by atoms with Gasteiger partial charge in [-0.15, -0.1) is 0 Å². The summed E-state index contributed by atoms with van der Waals surface area (Å²) in [5, 5.41) is 2.39. The lowest BCUT2D eigenvalue weighted by Gasteiger charge is -2.30. The zero-order valence-electron chi connectivity index (χ0n) is 13.3. The largest absolute Gasteiger partial charge is 0.302 e. The zero-order chi connectivity index (χ0) is 20.7. The molecule has 0 N–H and O–H groups in total. The molecule has 146 valence electrons. The minimum absolute atomic E-state index is 0.224. The van der Waals surface area contributed by atoms with Crippen LogP contribution < -0.4 is 4.90 Å². The topological polar surface area (TPSA) is 3.24 Å². The fraction of sp³-hybridized carbons (Fsp3) is 0. The molecule has 0 saturated heterocycles. The molecule has 3 aromatic carbocycles. The molecule has 0 aromatic heterocycles. The van der Waals surface area contributed by atoms with Crippen molar-refractivity contribution in [1.29, 1.82) is 0 Å². The lowest BCUT2D eigenvalue weighted by molar-refractivity contribution is 1.28. The molecule has 28 heavy (non-hydrogen) atoms. The first-order valence-electron chi connectivity index (χ1n) is 7.34. The highest BCUT2D eigenvalue weighted by atomic mass is 35.5. The van der Waals surface area contributed by atoms with Crippen LogP contribution in [0.3, 0.4) is 0 Å². The maximum Gasteiger partial charge on any atom is 0.0838 e. The van der Waals surface area contributed by atoms with Crippen LogP contribution in [0, 0.1) is 0 Å². The zero-order valence-corrected chi connectivity index (χ0v) is 20.1. The summed E-state index contributed by atoms with van der Waals surface area (Å²) >= 11 is 57.0. The van der Waals surface area contributed by atoms with E-state index in [4.69, 9.17) is 104 Å². The second-order valence-corrected chi connectivity index (χ2v) is 9.24. The Morgan fingerprint density at radius 1 is 0.357 bits per heavy atom. The van der Waals surface area contributed by atoms with E-state index in [1.54, 1.807) is 4.90 Å². The molecule has 0 radical (unpaired) electrons. The third-order valence-electron chi connectivity index (χ3n) is 3.62. The molecule has 0 saturated carbocycles. The van der Waals surface area contributed by atoms with Crippen molar-refractivity contribution < 1.29 is 0 Å². The van der Waals surface area contributed by atoms with Crippen LogP contribution in [0.5, 0.6) is 0 Å². The minimum atomic E-state index is 0.224.